The molecular weight excluding hydrogens is 212 g/mol. The topological polar surface area (TPSA) is 33.3 Å². The van der Waals surface area contributed by atoms with E-state index in [4.69, 9.17) is 4.74 Å². The third-order valence-electron chi connectivity index (χ3n) is 4.96. The van der Waals surface area contributed by atoms with Crippen LogP contribution in [0.1, 0.15) is 33.1 Å². The maximum Gasteiger partial charge on any atom is 0.108 e. The Labute approximate surface area is 105 Å². The first-order chi connectivity index (χ1) is 8.20. The standard InChI is InChI=1S/C14H26N2O/c1-10-5-11(2)7-12(6-10)13-14(8-15-9-14)17-4-3-16-13/h10-13,15-16H,3-9H2,1-2H3. The summed E-state index contributed by atoms with van der Waals surface area (Å²) >= 11 is 0. The van der Waals surface area contributed by atoms with Crippen molar-refractivity contribution in [1.82, 2.24) is 10.6 Å². The van der Waals surface area contributed by atoms with E-state index in [9.17, 15) is 0 Å². The second kappa shape index (κ2) is 4.52. The molecule has 3 heteroatoms. The zero-order valence-electron chi connectivity index (χ0n) is 11.2. The van der Waals surface area contributed by atoms with E-state index >= 15 is 0 Å². The summed E-state index contributed by atoms with van der Waals surface area (Å²) in [6.45, 7) is 8.84. The van der Waals surface area contributed by atoms with Gasteiger partial charge in [0.2, 0.25) is 0 Å². The highest BCUT2D eigenvalue weighted by Gasteiger charge is 2.50. The average Bonchev–Trinajstić information content (AvgIpc) is 2.25. The van der Waals surface area contributed by atoms with Gasteiger partial charge < -0.3 is 15.4 Å². The van der Waals surface area contributed by atoms with Gasteiger partial charge in [-0.2, -0.15) is 0 Å². The number of morpholine rings is 1. The Bertz CT molecular complexity index is 267. The molecule has 1 spiro atoms. The Hall–Kier alpha value is -0.120. The summed E-state index contributed by atoms with van der Waals surface area (Å²) < 4.78 is 6.11. The van der Waals surface area contributed by atoms with E-state index in [0.29, 0.717) is 6.04 Å². The van der Waals surface area contributed by atoms with Crippen molar-refractivity contribution in [3.8, 4) is 0 Å². The van der Waals surface area contributed by atoms with Crippen LogP contribution in [0.2, 0.25) is 0 Å². The smallest absolute Gasteiger partial charge is 0.108 e. The zero-order chi connectivity index (χ0) is 11.9. The van der Waals surface area contributed by atoms with Crippen LogP contribution in [-0.4, -0.2) is 37.9 Å². The lowest BCUT2D eigenvalue weighted by atomic mass is 9.68. The molecule has 0 radical (unpaired) electrons. The normalized spacial score (nSPS) is 45.5. The van der Waals surface area contributed by atoms with Crippen LogP contribution >= 0.6 is 0 Å². The number of hydrogen-bond acceptors (Lipinski definition) is 3. The third kappa shape index (κ3) is 2.13. The van der Waals surface area contributed by atoms with Crippen LogP contribution in [0.5, 0.6) is 0 Å². The highest BCUT2D eigenvalue weighted by Crippen LogP contribution is 2.40. The molecule has 3 nitrogen and oxygen atoms in total. The molecule has 1 saturated carbocycles. The molecule has 1 aliphatic carbocycles. The Morgan fingerprint density at radius 3 is 2.35 bits per heavy atom. The first kappa shape index (κ1) is 11.9. The monoisotopic (exact) mass is 238 g/mol. The van der Waals surface area contributed by atoms with Crippen LogP contribution in [0, 0.1) is 17.8 Å². The van der Waals surface area contributed by atoms with E-state index in [1.807, 2.05) is 0 Å². The van der Waals surface area contributed by atoms with Crippen LogP contribution < -0.4 is 10.6 Å². The number of ether oxygens (including phenoxy) is 1. The largest absolute Gasteiger partial charge is 0.369 e. The Morgan fingerprint density at radius 1 is 1.06 bits per heavy atom. The van der Waals surface area contributed by atoms with Gasteiger partial charge in [-0.15, -0.1) is 0 Å². The van der Waals surface area contributed by atoms with Crippen LogP contribution in [-0.2, 0) is 4.74 Å². The Morgan fingerprint density at radius 2 is 1.76 bits per heavy atom. The lowest BCUT2D eigenvalue weighted by molar-refractivity contribution is -0.144. The number of rotatable bonds is 1. The Balaban J connectivity index is 1.72. The Kier molecular flexibility index (Phi) is 3.18. The van der Waals surface area contributed by atoms with Gasteiger partial charge in [0.05, 0.1) is 6.61 Å². The van der Waals surface area contributed by atoms with Gasteiger partial charge in [0.1, 0.15) is 5.60 Å². The van der Waals surface area contributed by atoms with E-state index in [1.54, 1.807) is 0 Å². The SMILES string of the molecule is CC1CC(C)CC(C2NCCOC23CNC3)C1. The van der Waals surface area contributed by atoms with Gasteiger partial charge in [0.15, 0.2) is 0 Å². The predicted octanol–water partition coefficient (Wildman–Crippen LogP) is 1.39. The van der Waals surface area contributed by atoms with Gasteiger partial charge in [0, 0.05) is 25.7 Å². The quantitative estimate of drug-likeness (QED) is 0.724. The van der Waals surface area contributed by atoms with E-state index < -0.39 is 0 Å². The van der Waals surface area contributed by atoms with Crippen LogP contribution in [0.4, 0.5) is 0 Å². The van der Waals surface area contributed by atoms with Gasteiger partial charge in [-0.25, -0.2) is 0 Å². The van der Waals surface area contributed by atoms with Gasteiger partial charge >= 0.3 is 0 Å². The summed E-state index contributed by atoms with van der Waals surface area (Å²) in [6.07, 6.45) is 4.18. The molecule has 3 aliphatic rings. The molecule has 3 rings (SSSR count). The minimum atomic E-state index is 0.125. The fourth-order valence-corrected chi connectivity index (χ4v) is 4.32. The highest BCUT2D eigenvalue weighted by molar-refractivity contribution is 5.08. The lowest BCUT2D eigenvalue weighted by Gasteiger charge is -2.54. The molecule has 0 aromatic rings. The summed E-state index contributed by atoms with van der Waals surface area (Å²) in [5, 5.41) is 7.16. The van der Waals surface area contributed by atoms with Crippen molar-refractivity contribution in [3.63, 3.8) is 0 Å². The van der Waals surface area contributed by atoms with E-state index in [1.165, 1.54) is 19.3 Å². The molecule has 2 saturated heterocycles. The maximum atomic E-state index is 6.11. The predicted molar refractivity (Wildman–Crippen MR) is 69.0 cm³/mol. The minimum absolute atomic E-state index is 0.125. The second-order valence-corrected chi connectivity index (χ2v) is 6.63. The average molecular weight is 238 g/mol. The van der Waals surface area contributed by atoms with Crippen LogP contribution in [0.15, 0.2) is 0 Å². The third-order valence-corrected chi connectivity index (χ3v) is 4.96. The van der Waals surface area contributed by atoms with Crippen molar-refractivity contribution in [1.29, 1.82) is 0 Å². The summed E-state index contributed by atoms with van der Waals surface area (Å²) in [5.41, 5.74) is 0.125. The van der Waals surface area contributed by atoms with E-state index in [0.717, 1.165) is 44.0 Å². The summed E-state index contributed by atoms with van der Waals surface area (Å²) in [5.74, 6) is 2.59. The van der Waals surface area contributed by atoms with E-state index in [2.05, 4.69) is 24.5 Å². The van der Waals surface area contributed by atoms with Gasteiger partial charge in [0.25, 0.3) is 0 Å². The second-order valence-electron chi connectivity index (χ2n) is 6.63. The minimum Gasteiger partial charge on any atom is -0.369 e. The lowest BCUT2D eigenvalue weighted by Crippen LogP contribution is -2.75. The molecule has 3 atom stereocenters. The first-order valence-corrected chi connectivity index (χ1v) is 7.28. The fraction of sp³-hybridized carbons (Fsp3) is 1.00. The molecular formula is C14H26N2O. The van der Waals surface area contributed by atoms with Crippen molar-refractivity contribution >= 4 is 0 Å². The van der Waals surface area contributed by atoms with Crippen LogP contribution in [0.3, 0.4) is 0 Å². The first-order valence-electron chi connectivity index (χ1n) is 7.28. The molecule has 2 aliphatic heterocycles. The van der Waals surface area contributed by atoms with Gasteiger partial charge in [-0.1, -0.05) is 13.8 Å². The molecule has 98 valence electrons. The molecule has 3 unspecified atom stereocenters. The maximum absolute atomic E-state index is 6.11. The van der Waals surface area contributed by atoms with Crippen molar-refractivity contribution in [2.45, 2.75) is 44.8 Å². The van der Waals surface area contributed by atoms with Gasteiger partial charge in [-0.05, 0) is 37.0 Å². The molecule has 0 bridgehead atoms. The van der Waals surface area contributed by atoms with Crippen molar-refractivity contribution in [3.05, 3.63) is 0 Å². The van der Waals surface area contributed by atoms with Crippen molar-refractivity contribution in [2.75, 3.05) is 26.2 Å². The molecule has 0 amide bonds. The van der Waals surface area contributed by atoms with Crippen molar-refractivity contribution in [2.24, 2.45) is 17.8 Å². The summed E-state index contributed by atoms with van der Waals surface area (Å²) in [4.78, 5) is 0. The summed E-state index contributed by atoms with van der Waals surface area (Å²) in [6, 6.07) is 0.586. The van der Waals surface area contributed by atoms with Crippen LogP contribution in [0.25, 0.3) is 0 Å². The number of hydrogen-bond donors (Lipinski definition) is 2. The molecule has 2 heterocycles. The summed E-state index contributed by atoms with van der Waals surface area (Å²) in [7, 11) is 0. The molecule has 2 N–H and O–H groups in total. The highest BCUT2D eigenvalue weighted by atomic mass is 16.5. The molecule has 0 aromatic carbocycles. The molecule has 17 heavy (non-hydrogen) atoms. The zero-order valence-corrected chi connectivity index (χ0v) is 11.2. The fourth-order valence-electron chi connectivity index (χ4n) is 4.32. The molecule has 3 fully saturated rings. The molecule has 0 aromatic heterocycles. The van der Waals surface area contributed by atoms with E-state index in [-0.39, 0.29) is 5.60 Å². The number of nitrogens with one attached hydrogen (secondary N) is 2. The van der Waals surface area contributed by atoms with Crippen molar-refractivity contribution < 1.29 is 4.74 Å². The van der Waals surface area contributed by atoms with Gasteiger partial charge in [-0.3, -0.25) is 0 Å².